The predicted octanol–water partition coefficient (Wildman–Crippen LogP) is 4.98. The molecule has 1 saturated carbocycles. The highest BCUT2D eigenvalue weighted by Crippen LogP contribution is 2.44. The van der Waals surface area contributed by atoms with Gasteiger partial charge in [-0.1, -0.05) is 26.7 Å². The van der Waals surface area contributed by atoms with E-state index in [1.54, 1.807) is 4.52 Å². The fraction of sp³-hybridized carbons (Fsp3) is 0.552. The topological polar surface area (TPSA) is 102 Å². The van der Waals surface area contributed by atoms with Crippen molar-refractivity contribution in [3.63, 3.8) is 0 Å². The summed E-state index contributed by atoms with van der Waals surface area (Å²) in [6.45, 7) is 8.09. The van der Waals surface area contributed by atoms with Crippen LogP contribution in [-0.4, -0.2) is 41.2 Å². The van der Waals surface area contributed by atoms with E-state index < -0.39 is 17.5 Å². The van der Waals surface area contributed by atoms with E-state index >= 15 is 0 Å². The van der Waals surface area contributed by atoms with Gasteiger partial charge < -0.3 is 9.84 Å². The summed E-state index contributed by atoms with van der Waals surface area (Å²) in [5.41, 5.74) is 4.36. The van der Waals surface area contributed by atoms with Crippen LogP contribution in [0, 0.1) is 25.7 Å². The van der Waals surface area contributed by atoms with Gasteiger partial charge >= 0.3 is 5.97 Å². The van der Waals surface area contributed by atoms with Gasteiger partial charge in [0, 0.05) is 35.1 Å². The summed E-state index contributed by atoms with van der Waals surface area (Å²) in [4.78, 5) is 27.1. The molecule has 0 radical (unpaired) electrons. The molecule has 0 aromatic carbocycles. The van der Waals surface area contributed by atoms with Gasteiger partial charge in [-0.05, 0) is 82.2 Å². The van der Waals surface area contributed by atoms with Crippen LogP contribution in [0.2, 0.25) is 0 Å². The van der Waals surface area contributed by atoms with E-state index in [0.717, 1.165) is 67.7 Å². The highest BCUT2D eigenvalue weighted by Gasteiger charge is 2.47. The first-order chi connectivity index (χ1) is 17.8. The van der Waals surface area contributed by atoms with Gasteiger partial charge in [-0.15, -0.1) is 5.10 Å². The molecule has 1 aliphatic carbocycles. The minimum atomic E-state index is -0.812. The van der Waals surface area contributed by atoms with Crippen molar-refractivity contribution < 1.29 is 14.6 Å². The second kappa shape index (κ2) is 10.2. The van der Waals surface area contributed by atoms with Crippen LogP contribution < -0.4 is 0 Å². The van der Waals surface area contributed by atoms with Crippen molar-refractivity contribution in [3.05, 3.63) is 64.2 Å². The molecule has 1 aliphatic heterocycles. The highest BCUT2D eigenvalue weighted by atomic mass is 16.6. The van der Waals surface area contributed by atoms with Crippen molar-refractivity contribution in [1.82, 2.24) is 24.6 Å². The number of rotatable bonds is 8. The van der Waals surface area contributed by atoms with Gasteiger partial charge in [-0.3, -0.25) is 9.78 Å². The number of ether oxygens (including phenoxy) is 1. The number of aliphatic hydroxyl groups excluding tert-OH is 1. The SMILES string of the molecule is CCc1cc(CCC2(C3CCCC3)C=C(O)C(Cc3nc4nc(C)cc(C)n4n3)C(=O)O2)cc(CC)n1. The molecule has 1 fully saturated rings. The first-order valence-corrected chi connectivity index (χ1v) is 13.6. The van der Waals surface area contributed by atoms with Crippen molar-refractivity contribution in [2.75, 3.05) is 0 Å². The zero-order chi connectivity index (χ0) is 26.2. The quantitative estimate of drug-likeness (QED) is 0.433. The zero-order valence-corrected chi connectivity index (χ0v) is 22.3. The number of pyridine rings is 1. The number of fused-ring (bicyclic) bond motifs is 1. The third-order valence-corrected chi connectivity index (χ3v) is 7.94. The number of nitrogens with zero attached hydrogens (tertiary/aromatic N) is 5. The molecule has 2 aliphatic rings. The van der Waals surface area contributed by atoms with Crippen molar-refractivity contribution >= 4 is 11.7 Å². The van der Waals surface area contributed by atoms with Crippen LogP contribution in [-0.2, 0) is 35.2 Å². The van der Waals surface area contributed by atoms with Crippen LogP contribution in [0.1, 0.15) is 80.1 Å². The first kappa shape index (κ1) is 25.4. The molecule has 196 valence electrons. The first-order valence-electron chi connectivity index (χ1n) is 13.6. The Bertz CT molecular complexity index is 1320. The minimum Gasteiger partial charge on any atom is -0.512 e. The van der Waals surface area contributed by atoms with Crippen LogP contribution in [0.3, 0.4) is 0 Å². The van der Waals surface area contributed by atoms with E-state index in [1.165, 1.54) is 5.56 Å². The van der Waals surface area contributed by atoms with Crippen molar-refractivity contribution in [2.45, 2.75) is 91.1 Å². The summed E-state index contributed by atoms with van der Waals surface area (Å²) in [6, 6.07) is 6.25. The Morgan fingerprint density at radius 1 is 1.05 bits per heavy atom. The van der Waals surface area contributed by atoms with Gasteiger partial charge in [0.2, 0.25) is 0 Å². The van der Waals surface area contributed by atoms with E-state index in [-0.39, 0.29) is 18.1 Å². The molecular weight excluding hydrogens is 466 g/mol. The maximum atomic E-state index is 13.4. The molecule has 0 spiro atoms. The van der Waals surface area contributed by atoms with E-state index in [2.05, 4.69) is 41.0 Å². The maximum Gasteiger partial charge on any atom is 0.317 e. The predicted molar refractivity (Wildman–Crippen MR) is 140 cm³/mol. The molecule has 3 aromatic rings. The maximum absolute atomic E-state index is 13.4. The lowest BCUT2D eigenvalue weighted by atomic mass is 9.78. The Morgan fingerprint density at radius 2 is 1.76 bits per heavy atom. The lowest BCUT2D eigenvalue weighted by Crippen LogP contribution is -2.46. The van der Waals surface area contributed by atoms with Crippen LogP contribution in [0.15, 0.2) is 30.0 Å². The average molecular weight is 504 g/mol. The van der Waals surface area contributed by atoms with Crippen LogP contribution in [0.25, 0.3) is 5.78 Å². The summed E-state index contributed by atoms with van der Waals surface area (Å²) < 4.78 is 7.97. The van der Waals surface area contributed by atoms with Gasteiger partial charge in [0.15, 0.2) is 5.82 Å². The summed E-state index contributed by atoms with van der Waals surface area (Å²) in [5, 5.41) is 15.7. The Morgan fingerprint density at radius 3 is 2.41 bits per heavy atom. The van der Waals surface area contributed by atoms with Crippen molar-refractivity contribution in [1.29, 1.82) is 0 Å². The second-order valence-electron chi connectivity index (χ2n) is 10.6. The van der Waals surface area contributed by atoms with Gasteiger partial charge in [0.25, 0.3) is 5.78 Å². The summed E-state index contributed by atoms with van der Waals surface area (Å²) >= 11 is 0. The Balaban J connectivity index is 1.41. The van der Waals surface area contributed by atoms with Gasteiger partial charge in [0.05, 0.1) is 0 Å². The van der Waals surface area contributed by atoms with Crippen LogP contribution in [0.5, 0.6) is 0 Å². The summed E-state index contributed by atoms with van der Waals surface area (Å²) in [7, 11) is 0. The molecule has 37 heavy (non-hydrogen) atoms. The lowest BCUT2D eigenvalue weighted by molar-refractivity contribution is -0.169. The standard InChI is InChI=1S/C29H37N5O3/c1-5-22-14-20(15-23(6-2)31-22)11-12-29(21-9-7-8-10-21)17-25(35)24(27(36)37-29)16-26-32-28-30-18(3)13-19(4)34(28)33-26/h13-15,17,21,24,35H,5-12,16H2,1-4H3. The molecule has 3 aromatic heterocycles. The number of carbonyl (C=O) groups excluding carboxylic acids is 1. The van der Waals surface area contributed by atoms with E-state index in [0.29, 0.717) is 18.0 Å². The van der Waals surface area contributed by atoms with Crippen LogP contribution in [0.4, 0.5) is 0 Å². The fourth-order valence-corrected chi connectivity index (χ4v) is 5.93. The van der Waals surface area contributed by atoms with Crippen LogP contribution >= 0.6 is 0 Å². The Labute approximate surface area is 218 Å². The van der Waals surface area contributed by atoms with E-state index in [9.17, 15) is 9.90 Å². The fourth-order valence-electron chi connectivity index (χ4n) is 5.93. The molecule has 2 atom stereocenters. The largest absolute Gasteiger partial charge is 0.512 e. The lowest BCUT2D eigenvalue weighted by Gasteiger charge is -2.40. The molecule has 0 amide bonds. The van der Waals surface area contributed by atoms with Gasteiger partial charge in [-0.2, -0.15) is 4.98 Å². The third-order valence-electron chi connectivity index (χ3n) is 7.94. The number of hydrogen-bond acceptors (Lipinski definition) is 7. The van der Waals surface area contributed by atoms with Gasteiger partial charge in [-0.25, -0.2) is 9.50 Å². The second-order valence-corrected chi connectivity index (χ2v) is 10.6. The van der Waals surface area contributed by atoms with Crippen molar-refractivity contribution in [2.24, 2.45) is 11.8 Å². The number of hydrogen-bond donors (Lipinski definition) is 1. The Hall–Kier alpha value is -3.29. The number of aliphatic hydroxyl groups is 1. The Kier molecular flexibility index (Phi) is 7.01. The third kappa shape index (κ3) is 5.11. The summed E-state index contributed by atoms with van der Waals surface area (Å²) in [6.07, 6.45) is 9.42. The number of carbonyl (C=O) groups is 1. The molecule has 1 N–H and O–H groups in total. The van der Waals surface area contributed by atoms with E-state index in [1.807, 2.05) is 26.0 Å². The smallest absolute Gasteiger partial charge is 0.317 e. The molecule has 2 unspecified atom stereocenters. The number of cyclic esters (lactones) is 1. The average Bonchev–Trinajstić information content (AvgIpc) is 3.55. The number of aryl methyl sites for hydroxylation is 5. The molecule has 8 nitrogen and oxygen atoms in total. The summed E-state index contributed by atoms with van der Waals surface area (Å²) in [5.74, 6) is 0.0301. The normalized spacial score (nSPS) is 22.4. The molecule has 8 heteroatoms. The monoisotopic (exact) mass is 503 g/mol. The molecule has 0 bridgehead atoms. The van der Waals surface area contributed by atoms with Gasteiger partial charge in [0.1, 0.15) is 17.3 Å². The molecule has 4 heterocycles. The zero-order valence-electron chi connectivity index (χ0n) is 22.3. The highest BCUT2D eigenvalue weighted by molar-refractivity contribution is 5.77. The van der Waals surface area contributed by atoms with Crippen molar-refractivity contribution in [3.8, 4) is 0 Å². The number of aromatic nitrogens is 5. The molecular formula is C29H37N5O3. The molecule has 0 saturated heterocycles. The number of esters is 1. The minimum absolute atomic E-state index is 0.0705. The molecule has 5 rings (SSSR count). The van der Waals surface area contributed by atoms with E-state index in [4.69, 9.17) is 9.72 Å².